The van der Waals surface area contributed by atoms with Crippen LogP contribution in [0.25, 0.3) is 0 Å². The Hall–Kier alpha value is -0.520. The standard InChI is InChI=1S/C17H24Cl2N2O2.ClH/c18-12-5-4-6-13(19)16(12)14(22)10-21-15(23)9-17(11-20)7-2-1-3-8-17;/h4-6,14,22H,1-3,7-11,20H2,(H,21,23);1H. The largest absolute Gasteiger partial charge is 0.386 e. The highest BCUT2D eigenvalue weighted by atomic mass is 35.5. The topological polar surface area (TPSA) is 75.4 Å². The predicted molar refractivity (Wildman–Crippen MR) is 101 cm³/mol. The van der Waals surface area contributed by atoms with E-state index in [1.54, 1.807) is 18.2 Å². The molecule has 0 bridgehead atoms. The second kappa shape index (κ2) is 9.83. The molecular weight excluding hydrogens is 371 g/mol. The van der Waals surface area contributed by atoms with Crippen molar-refractivity contribution >= 4 is 41.5 Å². The van der Waals surface area contributed by atoms with E-state index in [-0.39, 0.29) is 30.3 Å². The number of amides is 1. The van der Waals surface area contributed by atoms with Gasteiger partial charge >= 0.3 is 0 Å². The van der Waals surface area contributed by atoms with Crippen molar-refractivity contribution in [2.45, 2.75) is 44.6 Å². The molecule has 1 unspecified atom stereocenters. The van der Waals surface area contributed by atoms with E-state index in [4.69, 9.17) is 28.9 Å². The first-order valence-corrected chi connectivity index (χ1v) is 8.82. The fourth-order valence-electron chi connectivity index (χ4n) is 3.30. The molecular formula is C17H25Cl3N2O2. The summed E-state index contributed by atoms with van der Waals surface area (Å²) < 4.78 is 0. The summed E-state index contributed by atoms with van der Waals surface area (Å²) in [6, 6.07) is 5.05. The van der Waals surface area contributed by atoms with Crippen LogP contribution in [0.3, 0.4) is 0 Å². The van der Waals surface area contributed by atoms with E-state index in [0.29, 0.717) is 28.6 Å². The summed E-state index contributed by atoms with van der Waals surface area (Å²) >= 11 is 12.1. The first kappa shape index (κ1) is 21.5. The number of halogens is 3. The Morgan fingerprint density at radius 3 is 2.38 bits per heavy atom. The lowest BCUT2D eigenvalue weighted by molar-refractivity contribution is -0.124. The third-order valence-electron chi connectivity index (χ3n) is 4.71. The lowest BCUT2D eigenvalue weighted by atomic mass is 9.71. The Labute approximate surface area is 159 Å². The highest BCUT2D eigenvalue weighted by molar-refractivity contribution is 6.36. The van der Waals surface area contributed by atoms with E-state index >= 15 is 0 Å². The monoisotopic (exact) mass is 394 g/mol. The molecule has 24 heavy (non-hydrogen) atoms. The van der Waals surface area contributed by atoms with Crippen LogP contribution in [0.5, 0.6) is 0 Å². The summed E-state index contributed by atoms with van der Waals surface area (Å²) in [5.41, 5.74) is 6.27. The molecule has 1 aliphatic carbocycles. The Balaban J connectivity index is 0.00000288. The Bertz CT molecular complexity index is 528. The lowest BCUT2D eigenvalue weighted by Crippen LogP contribution is -2.39. The maximum absolute atomic E-state index is 12.2. The van der Waals surface area contributed by atoms with Crippen molar-refractivity contribution in [3.8, 4) is 0 Å². The number of rotatable bonds is 6. The van der Waals surface area contributed by atoms with Gasteiger partial charge in [0, 0.05) is 28.6 Å². The third kappa shape index (κ3) is 5.50. The van der Waals surface area contributed by atoms with Crippen molar-refractivity contribution in [3.05, 3.63) is 33.8 Å². The average molecular weight is 396 g/mol. The minimum absolute atomic E-state index is 0. The van der Waals surface area contributed by atoms with Gasteiger partial charge in [-0.05, 0) is 36.9 Å². The third-order valence-corrected chi connectivity index (χ3v) is 5.37. The zero-order valence-corrected chi connectivity index (χ0v) is 15.9. The van der Waals surface area contributed by atoms with Crippen LogP contribution in [-0.4, -0.2) is 24.1 Å². The number of nitrogens with one attached hydrogen (secondary N) is 1. The quantitative estimate of drug-likeness (QED) is 0.684. The molecule has 136 valence electrons. The number of carbonyl (C=O) groups excluding carboxylic acids is 1. The fraction of sp³-hybridized carbons (Fsp3) is 0.588. The molecule has 1 fully saturated rings. The van der Waals surface area contributed by atoms with Crippen LogP contribution in [0, 0.1) is 5.41 Å². The summed E-state index contributed by atoms with van der Waals surface area (Å²) in [7, 11) is 0. The van der Waals surface area contributed by atoms with Gasteiger partial charge in [0.15, 0.2) is 0 Å². The maximum Gasteiger partial charge on any atom is 0.220 e. The van der Waals surface area contributed by atoms with Gasteiger partial charge in [-0.1, -0.05) is 48.5 Å². The SMILES string of the molecule is Cl.NCC1(CC(=O)NCC(O)c2c(Cl)cccc2Cl)CCCCC1. The number of hydrogen-bond acceptors (Lipinski definition) is 3. The van der Waals surface area contributed by atoms with Gasteiger partial charge in [0.2, 0.25) is 5.91 Å². The summed E-state index contributed by atoms with van der Waals surface area (Å²) in [5, 5.41) is 13.8. The molecule has 0 aromatic heterocycles. The van der Waals surface area contributed by atoms with Gasteiger partial charge in [0.25, 0.3) is 0 Å². The van der Waals surface area contributed by atoms with E-state index in [1.165, 1.54) is 6.42 Å². The van der Waals surface area contributed by atoms with Gasteiger partial charge in [-0.15, -0.1) is 12.4 Å². The van der Waals surface area contributed by atoms with Gasteiger partial charge < -0.3 is 16.2 Å². The van der Waals surface area contributed by atoms with Crippen LogP contribution in [0.4, 0.5) is 0 Å². The molecule has 0 radical (unpaired) electrons. The number of hydrogen-bond donors (Lipinski definition) is 3. The molecule has 1 amide bonds. The highest BCUT2D eigenvalue weighted by Gasteiger charge is 2.33. The van der Waals surface area contributed by atoms with Crippen LogP contribution < -0.4 is 11.1 Å². The van der Waals surface area contributed by atoms with Crippen LogP contribution in [-0.2, 0) is 4.79 Å². The Morgan fingerprint density at radius 1 is 1.25 bits per heavy atom. The van der Waals surface area contributed by atoms with E-state index < -0.39 is 6.10 Å². The molecule has 1 atom stereocenters. The molecule has 1 aromatic rings. The molecule has 4 N–H and O–H groups in total. The molecule has 4 nitrogen and oxygen atoms in total. The van der Waals surface area contributed by atoms with Crippen molar-refractivity contribution < 1.29 is 9.90 Å². The molecule has 0 saturated heterocycles. The van der Waals surface area contributed by atoms with E-state index in [1.807, 2.05) is 0 Å². The number of benzene rings is 1. The number of aliphatic hydroxyl groups excluding tert-OH is 1. The molecule has 0 heterocycles. The van der Waals surface area contributed by atoms with Gasteiger partial charge in [-0.2, -0.15) is 0 Å². The summed E-state index contributed by atoms with van der Waals surface area (Å²) in [4.78, 5) is 12.2. The zero-order valence-electron chi connectivity index (χ0n) is 13.6. The van der Waals surface area contributed by atoms with E-state index in [0.717, 1.165) is 25.7 Å². The van der Waals surface area contributed by atoms with Crippen LogP contribution >= 0.6 is 35.6 Å². The van der Waals surface area contributed by atoms with Crippen molar-refractivity contribution in [2.75, 3.05) is 13.1 Å². The van der Waals surface area contributed by atoms with Crippen molar-refractivity contribution in [1.82, 2.24) is 5.32 Å². The van der Waals surface area contributed by atoms with Crippen molar-refractivity contribution in [1.29, 1.82) is 0 Å². The van der Waals surface area contributed by atoms with Gasteiger partial charge in [0.1, 0.15) is 0 Å². The first-order chi connectivity index (χ1) is 11.0. The van der Waals surface area contributed by atoms with E-state index in [9.17, 15) is 9.90 Å². The molecule has 7 heteroatoms. The van der Waals surface area contributed by atoms with Crippen LogP contribution in [0.15, 0.2) is 18.2 Å². The summed E-state index contributed by atoms with van der Waals surface area (Å²) in [6.07, 6.45) is 4.94. The van der Waals surface area contributed by atoms with Crippen molar-refractivity contribution in [2.24, 2.45) is 11.1 Å². The number of aliphatic hydroxyl groups is 1. The minimum Gasteiger partial charge on any atom is -0.386 e. The molecule has 1 saturated carbocycles. The van der Waals surface area contributed by atoms with E-state index in [2.05, 4.69) is 5.32 Å². The fourth-order valence-corrected chi connectivity index (χ4v) is 3.95. The average Bonchev–Trinajstić information content (AvgIpc) is 2.53. The predicted octanol–water partition coefficient (Wildman–Crippen LogP) is 3.86. The number of nitrogens with two attached hydrogens (primary N) is 1. The van der Waals surface area contributed by atoms with Crippen LogP contribution in [0.1, 0.15) is 50.2 Å². The van der Waals surface area contributed by atoms with Gasteiger partial charge in [-0.3, -0.25) is 4.79 Å². The van der Waals surface area contributed by atoms with Crippen LogP contribution in [0.2, 0.25) is 10.0 Å². The summed E-state index contributed by atoms with van der Waals surface area (Å²) in [5.74, 6) is -0.0837. The maximum atomic E-state index is 12.2. The lowest BCUT2D eigenvalue weighted by Gasteiger charge is -2.35. The first-order valence-electron chi connectivity index (χ1n) is 8.06. The molecule has 0 aliphatic heterocycles. The zero-order chi connectivity index (χ0) is 16.9. The minimum atomic E-state index is -0.930. The normalized spacial score (nSPS) is 17.7. The van der Waals surface area contributed by atoms with Crippen molar-refractivity contribution in [3.63, 3.8) is 0 Å². The molecule has 1 aromatic carbocycles. The Kier molecular flexibility index (Phi) is 8.82. The number of carbonyl (C=O) groups is 1. The summed E-state index contributed by atoms with van der Waals surface area (Å²) in [6.45, 7) is 0.613. The smallest absolute Gasteiger partial charge is 0.220 e. The Morgan fingerprint density at radius 2 is 1.83 bits per heavy atom. The van der Waals surface area contributed by atoms with Gasteiger partial charge in [0.05, 0.1) is 6.10 Å². The second-order valence-corrected chi connectivity index (χ2v) is 7.21. The molecule has 0 spiro atoms. The molecule has 2 rings (SSSR count). The second-order valence-electron chi connectivity index (χ2n) is 6.40. The van der Waals surface area contributed by atoms with Gasteiger partial charge in [-0.25, -0.2) is 0 Å². The highest BCUT2D eigenvalue weighted by Crippen LogP contribution is 2.38. The molecule has 1 aliphatic rings.